The van der Waals surface area contributed by atoms with Crippen molar-refractivity contribution in [1.82, 2.24) is 10.6 Å². The van der Waals surface area contributed by atoms with Crippen molar-refractivity contribution in [3.63, 3.8) is 0 Å². The van der Waals surface area contributed by atoms with Crippen LogP contribution in [0.2, 0.25) is 0 Å². The number of carbonyl (C=O) groups excluding carboxylic acids is 1. The van der Waals surface area contributed by atoms with E-state index < -0.39 is 0 Å². The average molecular weight is 306 g/mol. The van der Waals surface area contributed by atoms with E-state index in [0.29, 0.717) is 13.2 Å². The van der Waals surface area contributed by atoms with Gasteiger partial charge in [-0.3, -0.25) is 4.79 Å². The smallest absolute Gasteiger partial charge is 0.228 e. The van der Waals surface area contributed by atoms with E-state index in [1.54, 1.807) is 14.2 Å². The molecule has 122 valence electrons. The third-order valence-corrected chi connectivity index (χ3v) is 4.34. The number of ether oxygens (including phenoxy) is 2. The lowest BCUT2D eigenvalue weighted by molar-refractivity contribution is -0.136. The molecule has 1 heterocycles. The molecule has 5 heteroatoms. The first-order chi connectivity index (χ1) is 10.7. The van der Waals surface area contributed by atoms with Gasteiger partial charge in [0.25, 0.3) is 0 Å². The maximum atomic E-state index is 12.6. The zero-order valence-electron chi connectivity index (χ0n) is 13.5. The van der Waals surface area contributed by atoms with E-state index in [2.05, 4.69) is 10.6 Å². The molecule has 0 spiro atoms. The number of para-hydroxylation sites is 1. The van der Waals surface area contributed by atoms with E-state index >= 15 is 0 Å². The highest BCUT2D eigenvalue weighted by atomic mass is 16.5. The number of rotatable bonds is 7. The molecule has 1 aromatic carbocycles. The fourth-order valence-electron chi connectivity index (χ4n) is 3.03. The zero-order chi connectivity index (χ0) is 15.8. The molecule has 1 saturated heterocycles. The number of hydrogen-bond donors (Lipinski definition) is 2. The van der Waals surface area contributed by atoms with Gasteiger partial charge in [0.1, 0.15) is 5.75 Å². The van der Waals surface area contributed by atoms with Gasteiger partial charge in [-0.2, -0.15) is 0 Å². The van der Waals surface area contributed by atoms with Crippen LogP contribution < -0.4 is 15.4 Å². The first-order valence-electron chi connectivity index (χ1n) is 7.82. The Morgan fingerprint density at radius 1 is 1.27 bits per heavy atom. The van der Waals surface area contributed by atoms with Gasteiger partial charge >= 0.3 is 0 Å². The van der Waals surface area contributed by atoms with Crippen LogP contribution in [0.4, 0.5) is 0 Å². The van der Waals surface area contributed by atoms with Gasteiger partial charge < -0.3 is 20.1 Å². The lowest BCUT2D eigenvalue weighted by Crippen LogP contribution is -2.50. The van der Waals surface area contributed by atoms with E-state index in [1.165, 1.54) is 0 Å². The summed E-state index contributed by atoms with van der Waals surface area (Å²) in [6.07, 6.45) is 2.40. The molecule has 5 nitrogen and oxygen atoms in total. The second-order valence-electron chi connectivity index (χ2n) is 5.78. The van der Waals surface area contributed by atoms with Crippen LogP contribution in [0, 0.1) is 5.41 Å². The maximum absolute atomic E-state index is 12.6. The van der Waals surface area contributed by atoms with Gasteiger partial charge in [-0.1, -0.05) is 18.2 Å². The fraction of sp³-hybridized carbons (Fsp3) is 0.588. The fourth-order valence-corrected chi connectivity index (χ4v) is 3.03. The van der Waals surface area contributed by atoms with Crippen molar-refractivity contribution >= 4 is 5.91 Å². The molecule has 22 heavy (non-hydrogen) atoms. The molecule has 0 radical (unpaired) electrons. The first kappa shape index (κ1) is 16.8. The second-order valence-corrected chi connectivity index (χ2v) is 5.78. The van der Waals surface area contributed by atoms with Gasteiger partial charge in [0.05, 0.1) is 19.1 Å². The molecule has 0 aromatic heterocycles. The molecule has 0 bridgehead atoms. The third kappa shape index (κ3) is 3.99. The number of hydrogen-bond acceptors (Lipinski definition) is 4. The predicted octanol–water partition coefficient (Wildman–Crippen LogP) is 1.37. The van der Waals surface area contributed by atoms with Crippen LogP contribution in [0.5, 0.6) is 5.75 Å². The number of nitrogens with one attached hydrogen (secondary N) is 2. The minimum atomic E-state index is -0.388. The Morgan fingerprint density at radius 3 is 2.68 bits per heavy atom. The summed E-state index contributed by atoms with van der Waals surface area (Å²) in [6.45, 7) is 2.82. The summed E-state index contributed by atoms with van der Waals surface area (Å²) < 4.78 is 10.6. The summed E-state index contributed by atoms with van der Waals surface area (Å²) in [7, 11) is 3.33. The number of carbonyl (C=O) groups is 1. The van der Waals surface area contributed by atoms with Gasteiger partial charge in [-0.15, -0.1) is 0 Å². The Labute approximate surface area is 132 Å². The summed E-state index contributed by atoms with van der Waals surface area (Å²) in [5.41, 5.74) is 0.720. The van der Waals surface area contributed by atoms with Crippen molar-refractivity contribution in [3.05, 3.63) is 29.8 Å². The van der Waals surface area contributed by atoms with Gasteiger partial charge in [0.2, 0.25) is 5.91 Å². The summed E-state index contributed by atoms with van der Waals surface area (Å²) >= 11 is 0. The molecule has 0 aliphatic carbocycles. The highest BCUT2D eigenvalue weighted by Crippen LogP contribution is 2.29. The Morgan fingerprint density at radius 2 is 2.00 bits per heavy atom. The average Bonchev–Trinajstić information content (AvgIpc) is 2.56. The van der Waals surface area contributed by atoms with Crippen molar-refractivity contribution in [2.75, 3.05) is 40.5 Å². The van der Waals surface area contributed by atoms with E-state index in [0.717, 1.165) is 43.7 Å². The lowest BCUT2D eigenvalue weighted by atomic mass is 9.78. The second kappa shape index (κ2) is 8.15. The molecule has 1 amide bonds. The van der Waals surface area contributed by atoms with Gasteiger partial charge in [0, 0.05) is 13.7 Å². The van der Waals surface area contributed by atoms with Crippen molar-refractivity contribution < 1.29 is 14.3 Å². The number of benzene rings is 1. The standard InChI is InChI=1S/C17H26N2O3/c1-21-13-17(8-11-18-12-9-17)16(20)19-10-7-14-5-3-4-6-15(14)22-2/h3-6,18H,7-13H2,1-2H3,(H,19,20). The highest BCUT2D eigenvalue weighted by Gasteiger charge is 2.39. The predicted molar refractivity (Wildman–Crippen MR) is 86.1 cm³/mol. The van der Waals surface area contributed by atoms with Crippen LogP contribution >= 0.6 is 0 Å². The summed E-state index contributed by atoms with van der Waals surface area (Å²) in [5, 5.41) is 6.37. The molecule has 0 atom stereocenters. The van der Waals surface area contributed by atoms with Crippen LogP contribution in [0.3, 0.4) is 0 Å². The molecule has 1 aliphatic rings. The monoisotopic (exact) mass is 306 g/mol. The Kier molecular flexibility index (Phi) is 6.21. The summed E-state index contributed by atoms with van der Waals surface area (Å²) in [6, 6.07) is 7.90. The lowest BCUT2D eigenvalue weighted by Gasteiger charge is -2.35. The molecule has 2 N–H and O–H groups in total. The van der Waals surface area contributed by atoms with Crippen molar-refractivity contribution in [2.45, 2.75) is 19.3 Å². The van der Waals surface area contributed by atoms with E-state index in [-0.39, 0.29) is 11.3 Å². The van der Waals surface area contributed by atoms with Crippen molar-refractivity contribution in [2.24, 2.45) is 5.41 Å². The Bertz CT molecular complexity index is 479. The van der Waals surface area contributed by atoms with Gasteiger partial charge in [-0.05, 0) is 44.0 Å². The topological polar surface area (TPSA) is 59.6 Å². The largest absolute Gasteiger partial charge is 0.496 e. The van der Waals surface area contributed by atoms with Crippen LogP contribution in [0.25, 0.3) is 0 Å². The Balaban J connectivity index is 1.90. The number of piperidine rings is 1. The molecular weight excluding hydrogens is 280 g/mol. The minimum absolute atomic E-state index is 0.103. The van der Waals surface area contributed by atoms with Crippen molar-refractivity contribution in [1.29, 1.82) is 0 Å². The molecule has 2 rings (SSSR count). The van der Waals surface area contributed by atoms with Crippen LogP contribution in [-0.2, 0) is 16.0 Å². The van der Waals surface area contributed by atoms with Crippen molar-refractivity contribution in [3.8, 4) is 5.75 Å². The van der Waals surface area contributed by atoms with Crippen LogP contribution in [-0.4, -0.2) is 46.4 Å². The van der Waals surface area contributed by atoms with E-state index in [9.17, 15) is 4.79 Å². The SMILES string of the molecule is COCC1(C(=O)NCCc2ccccc2OC)CCNCC1. The van der Waals surface area contributed by atoms with Crippen LogP contribution in [0.15, 0.2) is 24.3 Å². The minimum Gasteiger partial charge on any atom is -0.496 e. The quantitative estimate of drug-likeness (QED) is 0.799. The first-order valence-corrected chi connectivity index (χ1v) is 7.82. The summed E-state index contributed by atoms with van der Waals surface area (Å²) in [4.78, 5) is 12.6. The normalized spacial score (nSPS) is 17.0. The van der Waals surface area contributed by atoms with Crippen LogP contribution in [0.1, 0.15) is 18.4 Å². The molecule has 1 aliphatic heterocycles. The Hall–Kier alpha value is -1.59. The number of methoxy groups -OCH3 is 2. The zero-order valence-corrected chi connectivity index (χ0v) is 13.5. The highest BCUT2D eigenvalue weighted by molar-refractivity contribution is 5.83. The molecule has 1 fully saturated rings. The maximum Gasteiger partial charge on any atom is 0.228 e. The van der Waals surface area contributed by atoms with Gasteiger partial charge in [-0.25, -0.2) is 0 Å². The van der Waals surface area contributed by atoms with E-state index in [1.807, 2.05) is 24.3 Å². The molecule has 0 saturated carbocycles. The van der Waals surface area contributed by atoms with Gasteiger partial charge in [0.15, 0.2) is 0 Å². The molecule has 0 unspecified atom stereocenters. The third-order valence-electron chi connectivity index (χ3n) is 4.34. The van der Waals surface area contributed by atoms with E-state index in [4.69, 9.17) is 9.47 Å². The molecule has 1 aromatic rings. The number of amides is 1. The summed E-state index contributed by atoms with van der Waals surface area (Å²) in [5.74, 6) is 0.968. The molecular formula is C17H26N2O3.